The van der Waals surface area contributed by atoms with Crippen LogP contribution in [0.2, 0.25) is 0 Å². The minimum atomic E-state index is -0.614. The molecule has 22 heavy (non-hydrogen) atoms. The zero-order chi connectivity index (χ0) is 15.5. The second-order valence-corrected chi connectivity index (χ2v) is 5.22. The Morgan fingerprint density at radius 3 is 3.00 bits per heavy atom. The lowest BCUT2D eigenvalue weighted by molar-refractivity contribution is 0.0693. The second-order valence-electron chi connectivity index (χ2n) is 5.22. The van der Waals surface area contributed by atoms with E-state index in [1.807, 2.05) is 32.4 Å². The molecule has 0 atom stereocenters. The summed E-state index contributed by atoms with van der Waals surface area (Å²) in [7, 11) is 4.04. The normalized spacial score (nSPS) is 11.2. The van der Waals surface area contributed by atoms with Gasteiger partial charge in [-0.15, -0.1) is 5.10 Å². The molecule has 3 aromatic rings. The van der Waals surface area contributed by atoms with Crippen LogP contribution in [-0.2, 0) is 6.42 Å². The number of carbonyl (C=O) groups excluding carboxylic acids is 1. The number of esters is 1. The van der Waals surface area contributed by atoms with Gasteiger partial charge in [0.05, 0.1) is 0 Å². The maximum Gasteiger partial charge on any atom is 0.384 e. The fraction of sp³-hybridized carbons (Fsp3) is 0.267. The molecule has 2 heterocycles. The number of hydrogen-bond donors (Lipinski definition) is 1. The highest BCUT2D eigenvalue weighted by atomic mass is 16.6. The molecule has 0 saturated carbocycles. The third-order valence-electron chi connectivity index (χ3n) is 3.34. The molecular formula is C15H16N4O3. The molecule has 0 aliphatic rings. The molecule has 0 aliphatic carbocycles. The molecule has 0 fully saturated rings. The van der Waals surface area contributed by atoms with Crippen LogP contribution in [0.1, 0.15) is 16.1 Å². The number of aromatic nitrogens is 3. The number of rotatable bonds is 5. The fourth-order valence-corrected chi connectivity index (χ4v) is 2.25. The highest BCUT2D eigenvalue weighted by Crippen LogP contribution is 2.29. The summed E-state index contributed by atoms with van der Waals surface area (Å²) in [4.78, 5) is 17.3. The predicted octanol–water partition coefficient (Wildman–Crippen LogP) is 1.87. The number of likely N-dealkylation sites (N-methyl/N-ethyl adjacent to an activating group) is 1. The first-order chi connectivity index (χ1) is 10.6. The number of nitrogens with zero attached hydrogens (tertiary/aromatic N) is 3. The monoisotopic (exact) mass is 300 g/mol. The third-order valence-corrected chi connectivity index (χ3v) is 3.34. The number of ether oxygens (including phenoxy) is 1. The molecule has 1 aromatic carbocycles. The van der Waals surface area contributed by atoms with E-state index in [0.29, 0.717) is 5.75 Å². The van der Waals surface area contributed by atoms with Crippen molar-refractivity contribution in [3.05, 3.63) is 41.9 Å². The van der Waals surface area contributed by atoms with Crippen LogP contribution in [-0.4, -0.2) is 46.9 Å². The number of fused-ring (bicyclic) bond motifs is 1. The van der Waals surface area contributed by atoms with Crippen LogP contribution in [0, 0.1) is 0 Å². The standard InChI is InChI=1S/C15H16N4O3/c1-19(2)7-6-10-8-16-11-4-3-5-12(14(10)11)21-15(20)13-9-17-18-22-13/h3-5,8-9,16H,6-7H2,1-2H3. The first kappa shape index (κ1) is 14.3. The van der Waals surface area contributed by atoms with E-state index in [0.717, 1.165) is 29.4 Å². The van der Waals surface area contributed by atoms with Crippen molar-refractivity contribution in [2.45, 2.75) is 6.42 Å². The minimum Gasteiger partial charge on any atom is -0.420 e. The Morgan fingerprint density at radius 2 is 2.27 bits per heavy atom. The van der Waals surface area contributed by atoms with E-state index in [2.05, 4.69) is 20.3 Å². The molecule has 0 unspecified atom stereocenters. The van der Waals surface area contributed by atoms with Gasteiger partial charge >= 0.3 is 5.97 Å². The van der Waals surface area contributed by atoms with Crippen LogP contribution in [0.3, 0.4) is 0 Å². The van der Waals surface area contributed by atoms with E-state index in [1.54, 1.807) is 6.07 Å². The fourth-order valence-electron chi connectivity index (χ4n) is 2.25. The van der Waals surface area contributed by atoms with Gasteiger partial charge in [0.1, 0.15) is 11.9 Å². The van der Waals surface area contributed by atoms with Crippen molar-refractivity contribution in [1.29, 1.82) is 0 Å². The van der Waals surface area contributed by atoms with E-state index in [1.165, 1.54) is 6.20 Å². The molecule has 0 bridgehead atoms. The first-order valence-corrected chi connectivity index (χ1v) is 6.88. The van der Waals surface area contributed by atoms with Crippen LogP contribution in [0.25, 0.3) is 10.9 Å². The largest absolute Gasteiger partial charge is 0.420 e. The lowest BCUT2D eigenvalue weighted by Crippen LogP contribution is -2.15. The van der Waals surface area contributed by atoms with Gasteiger partial charge in [0.25, 0.3) is 5.76 Å². The Kier molecular flexibility index (Phi) is 3.88. The van der Waals surface area contributed by atoms with Crippen molar-refractivity contribution < 1.29 is 14.1 Å². The topological polar surface area (TPSA) is 84.2 Å². The molecule has 2 aromatic heterocycles. The van der Waals surface area contributed by atoms with Crippen molar-refractivity contribution in [2.75, 3.05) is 20.6 Å². The summed E-state index contributed by atoms with van der Waals surface area (Å²) in [6.45, 7) is 0.904. The smallest absolute Gasteiger partial charge is 0.384 e. The molecule has 3 rings (SSSR count). The average Bonchev–Trinajstić information content (AvgIpc) is 3.15. The van der Waals surface area contributed by atoms with Gasteiger partial charge in [-0.2, -0.15) is 0 Å². The van der Waals surface area contributed by atoms with Crippen molar-refractivity contribution in [3.8, 4) is 5.75 Å². The van der Waals surface area contributed by atoms with Gasteiger partial charge in [-0.05, 0) is 38.2 Å². The van der Waals surface area contributed by atoms with Crippen molar-refractivity contribution >= 4 is 16.9 Å². The van der Waals surface area contributed by atoms with Gasteiger partial charge in [-0.1, -0.05) is 6.07 Å². The van der Waals surface area contributed by atoms with Crippen LogP contribution >= 0.6 is 0 Å². The summed E-state index contributed by atoms with van der Waals surface area (Å²) >= 11 is 0. The van der Waals surface area contributed by atoms with Crippen LogP contribution in [0.4, 0.5) is 0 Å². The highest BCUT2D eigenvalue weighted by Gasteiger charge is 2.17. The molecule has 0 saturated heterocycles. The van der Waals surface area contributed by atoms with Crippen LogP contribution in [0.5, 0.6) is 5.75 Å². The van der Waals surface area contributed by atoms with Gasteiger partial charge in [-0.25, -0.2) is 4.79 Å². The van der Waals surface area contributed by atoms with E-state index in [9.17, 15) is 4.79 Å². The molecule has 114 valence electrons. The third kappa shape index (κ3) is 2.84. The number of nitrogens with one attached hydrogen (secondary N) is 1. The Hall–Kier alpha value is -2.67. The summed E-state index contributed by atoms with van der Waals surface area (Å²) in [5.41, 5.74) is 2.03. The second kappa shape index (κ2) is 5.98. The van der Waals surface area contributed by atoms with Gasteiger partial charge in [0.2, 0.25) is 0 Å². The molecule has 0 radical (unpaired) electrons. The van der Waals surface area contributed by atoms with Gasteiger partial charge in [0, 0.05) is 28.9 Å². The zero-order valence-electron chi connectivity index (χ0n) is 12.4. The molecule has 0 spiro atoms. The first-order valence-electron chi connectivity index (χ1n) is 6.88. The Bertz CT molecular complexity index is 777. The number of carbonyl (C=O) groups is 1. The van der Waals surface area contributed by atoms with Crippen molar-refractivity contribution in [2.24, 2.45) is 0 Å². The van der Waals surface area contributed by atoms with Gasteiger partial charge in [-0.3, -0.25) is 0 Å². The quantitative estimate of drug-likeness (QED) is 0.572. The average molecular weight is 300 g/mol. The number of H-pyrrole nitrogens is 1. The van der Waals surface area contributed by atoms with E-state index >= 15 is 0 Å². The SMILES string of the molecule is CN(C)CCc1c[nH]c2cccc(OC(=O)c3cnno3)c12. The lowest BCUT2D eigenvalue weighted by atomic mass is 10.1. The summed E-state index contributed by atoms with van der Waals surface area (Å²) in [6.07, 6.45) is 4.03. The Balaban J connectivity index is 1.91. The summed E-state index contributed by atoms with van der Waals surface area (Å²) < 4.78 is 10.2. The van der Waals surface area contributed by atoms with Gasteiger partial charge in [0.15, 0.2) is 0 Å². The highest BCUT2D eigenvalue weighted by molar-refractivity contribution is 5.94. The summed E-state index contributed by atoms with van der Waals surface area (Å²) in [5.74, 6) is -0.145. The number of aromatic amines is 1. The zero-order valence-corrected chi connectivity index (χ0v) is 12.4. The molecule has 1 N–H and O–H groups in total. The van der Waals surface area contributed by atoms with E-state index in [4.69, 9.17) is 9.26 Å². The molecule has 7 nitrogen and oxygen atoms in total. The lowest BCUT2D eigenvalue weighted by Gasteiger charge is -2.09. The predicted molar refractivity (Wildman–Crippen MR) is 79.8 cm³/mol. The van der Waals surface area contributed by atoms with E-state index < -0.39 is 5.97 Å². The van der Waals surface area contributed by atoms with Crippen LogP contribution in [0.15, 0.2) is 35.1 Å². The molecular weight excluding hydrogens is 284 g/mol. The molecule has 7 heteroatoms. The number of benzene rings is 1. The maximum absolute atomic E-state index is 12.0. The summed E-state index contributed by atoms with van der Waals surface area (Å²) in [5, 5.41) is 7.65. The van der Waals surface area contributed by atoms with Crippen molar-refractivity contribution in [3.63, 3.8) is 0 Å². The minimum absolute atomic E-state index is 0.0256. The number of hydrogen-bond acceptors (Lipinski definition) is 6. The molecule has 0 aliphatic heterocycles. The van der Waals surface area contributed by atoms with Gasteiger partial charge < -0.3 is 19.1 Å². The van der Waals surface area contributed by atoms with E-state index in [-0.39, 0.29) is 5.76 Å². The maximum atomic E-state index is 12.0. The summed E-state index contributed by atoms with van der Waals surface area (Å²) in [6, 6.07) is 5.54. The van der Waals surface area contributed by atoms with Crippen LogP contribution < -0.4 is 4.74 Å². The van der Waals surface area contributed by atoms with Crippen molar-refractivity contribution in [1.82, 2.24) is 20.3 Å². The Labute approximate surface area is 126 Å². The Morgan fingerprint density at radius 1 is 1.41 bits per heavy atom. The molecule has 0 amide bonds.